The van der Waals surface area contributed by atoms with E-state index in [1.165, 1.54) is 6.20 Å². The molecule has 0 saturated carbocycles. The monoisotopic (exact) mass is 470 g/mol. The molecule has 0 bridgehead atoms. The Labute approximate surface area is 197 Å². The van der Waals surface area contributed by atoms with Crippen LogP contribution < -0.4 is 10.1 Å². The van der Waals surface area contributed by atoms with Gasteiger partial charge in [0.25, 0.3) is 0 Å². The normalized spacial score (nSPS) is 17.1. The van der Waals surface area contributed by atoms with Gasteiger partial charge in [-0.05, 0) is 46.7 Å². The molecule has 34 heavy (non-hydrogen) atoms. The zero-order chi connectivity index (χ0) is 24.3. The standard InChI is InChI=1S/C23H30N6O5/c1-17-24-20(29(32)33)15-27(17)11-7-21(30)28-14-10-23(16-28)8-12-26(13-9-23)22(31)25-18-5-3-4-6-19(18)34-2/h3-6,15H,7-14,16H2,1-2H3,(H,25,31). The number of imidazole rings is 1. The van der Waals surface area contributed by atoms with Gasteiger partial charge in [0.2, 0.25) is 11.7 Å². The Morgan fingerprint density at radius 1 is 1.18 bits per heavy atom. The molecule has 1 aromatic heterocycles. The summed E-state index contributed by atoms with van der Waals surface area (Å²) in [5, 5.41) is 13.8. The van der Waals surface area contributed by atoms with Crippen LogP contribution in [0.15, 0.2) is 30.5 Å². The fourth-order valence-corrected chi connectivity index (χ4v) is 4.86. The maximum Gasteiger partial charge on any atom is 0.381 e. The molecule has 1 aromatic carbocycles. The van der Waals surface area contributed by atoms with Crippen LogP contribution in [0, 0.1) is 22.5 Å². The van der Waals surface area contributed by atoms with Crippen LogP contribution >= 0.6 is 0 Å². The Morgan fingerprint density at radius 3 is 2.50 bits per heavy atom. The van der Waals surface area contributed by atoms with Crippen molar-refractivity contribution in [3.8, 4) is 5.75 Å². The number of para-hydroxylation sites is 2. The van der Waals surface area contributed by atoms with E-state index >= 15 is 0 Å². The number of benzene rings is 1. The van der Waals surface area contributed by atoms with Crippen LogP contribution in [0.25, 0.3) is 0 Å². The van der Waals surface area contributed by atoms with Gasteiger partial charge in [-0.2, -0.15) is 0 Å². The lowest BCUT2D eigenvalue weighted by molar-refractivity contribution is -0.389. The number of nitrogens with zero attached hydrogens (tertiary/aromatic N) is 5. The third kappa shape index (κ3) is 4.97. The lowest BCUT2D eigenvalue weighted by Gasteiger charge is -2.39. The number of anilines is 1. The molecule has 0 radical (unpaired) electrons. The molecule has 4 rings (SSSR count). The number of amides is 3. The van der Waals surface area contributed by atoms with E-state index in [1.807, 2.05) is 28.0 Å². The summed E-state index contributed by atoms with van der Waals surface area (Å²) in [6.45, 7) is 4.74. The molecule has 3 amide bonds. The molecule has 2 saturated heterocycles. The number of carbonyl (C=O) groups is 2. The van der Waals surface area contributed by atoms with E-state index < -0.39 is 4.92 Å². The number of likely N-dealkylation sites (tertiary alicyclic amines) is 2. The van der Waals surface area contributed by atoms with Crippen molar-refractivity contribution in [2.75, 3.05) is 38.6 Å². The van der Waals surface area contributed by atoms with Crippen molar-refractivity contribution in [2.24, 2.45) is 5.41 Å². The lowest BCUT2D eigenvalue weighted by Crippen LogP contribution is -2.46. The minimum atomic E-state index is -0.529. The number of aromatic nitrogens is 2. The summed E-state index contributed by atoms with van der Waals surface area (Å²) in [5.41, 5.74) is 0.687. The molecule has 2 aromatic rings. The Morgan fingerprint density at radius 2 is 1.85 bits per heavy atom. The molecule has 1 spiro atoms. The van der Waals surface area contributed by atoms with Gasteiger partial charge in [0.05, 0.1) is 12.8 Å². The summed E-state index contributed by atoms with van der Waals surface area (Å²) in [6, 6.07) is 7.18. The van der Waals surface area contributed by atoms with Gasteiger partial charge < -0.3 is 34.5 Å². The highest BCUT2D eigenvalue weighted by Gasteiger charge is 2.42. The SMILES string of the molecule is COc1ccccc1NC(=O)N1CCC2(CCN(C(=O)CCn3cc([N+](=O)[O-])nc3C)C2)CC1. The summed E-state index contributed by atoms with van der Waals surface area (Å²) in [7, 11) is 1.57. The van der Waals surface area contributed by atoms with E-state index in [4.69, 9.17) is 4.74 Å². The average molecular weight is 471 g/mol. The van der Waals surface area contributed by atoms with Crippen molar-refractivity contribution < 1.29 is 19.2 Å². The summed E-state index contributed by atoms with van der Waals surface area (Å²) >= 11 is 0. The fourth-order valence-electron chi connectivity index (χ4n) is 4.86. The van der Waals surface area contributed by atoms with E-state index in [0.29, 0.717) is 50.0 Å². The largest absolute Gasteiger partial charge is 0.495 e. The second-order valence-corrected chi connectivity index (χ2v) is 9.03. The molecule has 1 N–H and O–H groups in total. The highest BCUT2D eigenvalue weighted by atomic mass is 16.6. The first-order chi connectivity index (χ1) is 16.3. The third-order valence-electron chi connectivity index (χ3n) is 6.97. The number of urea groups is 1. The molecule has 11 heteroatoms. The number of carbonyl (C=O) groups excluding carboxylic acids is 2. The van der Waals surface area contributed by atoms with Crippen molar-refractivity contribution in [3.63, 3.8) is 0 Å². The molecule has 0 aliphatic carbocycles. The van der Waals surface area contributed by atoms with E-state index in [9.17, 15) is 19.7 Å². The van der Waals surface area contributed by atoms with E-state index in [0.717, 1.165) is 19.3 Å². The van der Waals surface area contributed by atoms with Gasteiger partial charge in [0.1, 0.15) is 11.9 Å². The fraction of sp³-hybridized carbons (Fsp3) is 0.522. The maximum atomic E-state index is 12.8. The first kappa shape index (κ1) is 23.5. The Balaban J connectivity index is 1.27. The van der Waals surface area contributed by atoms with Crippen molar-refractivity contribution >= 4 is 23.4 Å². The van der Waals surface area contributed by atoms with Gasteiger partial charge >= 0.3 is 11.8 Å². The number of rotatable bonds is 6. The van der Waals surface area contributed by atoms with Gasteiger partial charge in [0.15, 0.2) is 0 Å². The molecule has 2 aliphatic heterocycles. The number of methoxy groups -OCH3 is 1. The van der Waals surface area contributed by atoms with E-state index in [-0.39, 0.29) is 29.6 Å². The molecule has 3 heterocycles. The van der Waals surface area contributed by atoms with E-state index in [1.54, 1.807) is 24.7 Å². The molecule has 182 valence electrons. The van der Waals surface area contributed by atoms with Crippen LogP contribution in [0.2, 0.25) is 0 Å². The van der Waals surface area contributed by atoms with Crippen LogP contribution in [0.5, 0.6) is 5.75 Å². The number of hydrogen-bond donors (Lipinski definition) is 1. The maximum absolute atomic E-state index is 12.8. The number of ether oxygens (including phenoxy) is 1. The average Bonchev–Trinajstić information content (AvgIpc) is 3.42. The van der Waals surface area contributed by atoms with Crippen molar-refractivity contribution in [1.29, 1.82) is 0 Å². The number of nitro groups is 1. The minimum Gasteiger partial charge on any atom is -0.495 e. The van der Waals surface area contributed by atoms with Crippen molar-refractivity contribution in [2.45, 2.75) is 39.2 Å². The Kier molecular flexibility index (Phi) is 6.71. The number of piperidine rings is 1. The highest BCUT2D eigenvalue weighted by molar-refractivity contribution is 5.91. The predicted molar refractivity (Wildman–Crippen MR) is 125 cm³/mol. The topological polar surface area (TPSA) is 123 Å². The van der Waals surface area contributed by atoms with Crippen molar-refractivity contribution in [3.05, 3.63) is 46.4 Å². The number of aryl methyl sites for hydroxylation is 2. The summed E-state index contributed by atoms with van der Waals surface area (Å²) < 4.78 is 6.96. The summed E-state index contributed by atoms with van der Waals surface area (Å²) in [4.78, 5) is 43.5. The predicted octanol–water partition coefficient (Wildman–Crippen LogP) is 3.05. The second kappa shape index (κ2) is 9.70. The quantitative estimate of drug-likeness (QED) is 0.511. The first-order valence-electron chi connectivity index (χ1n) is 11.5. The van der Waals surface area contributed by atoms with Gasteiger partial charge in [0, 0.05) is 46.1 Å². The second-order valence-electron chi connectivity index (χ2n) is 9.03. The molecule has 0 unspecified atom stereocenters. The highest BCUT2D eigenvalue weighted by Crippen LogP contribution is 2.40. The van der Waals surface area contributed by atoms with Crippen molar-refractivity contribution in [1.82, 2.24) is 19.4 Å². The van der Waals surface area contributed by atoms with Gasteiger partial charge in [-0.3, -0.25) is 4.79 Å². The van der Waals surface area contributed by atoms with Crippen LogP contribution in [0.1, 0.15) is 31.5 Å². The molecule has 0 atom stereocenters. The molecule has 11 nitrogen and oxygen atoms in total. The van der Waals surface area contributed by atoms with Crippen LogP contribution in [-0.4, -0.2) is 69.5 Å². The lowest BCUT2D eigenvalue weighted by atomic mass is 9.78. The smallest absolute Gasteiger partial charge is 0.381 e. The van der Waals surface area contributed by atoms with Crippen LogP contribution in [-0.2, 0) is 11.3 Å². The molecular formula is C23H30N6O5. The third-order valence-corrected chi connectivity index (χ3v) is 6.97. The van der Waals surface area contributed by atoms with Gasteiger partial charge in [-0.1, -0.05) is 12.1 Å². The number of nitrogens with one attached hydrogen (secondary N) is 1. The molecule has 2 fully saturated rings. The van der Waals surface area contributed by atoms with Gasteiger partial charge in [-0.15, -0.1) is 0 Å². The van der Waals surface area contributed by atoms with Crippen LogP contribution in [0.4, 0.5) is 16.3 Å². The first-order valence-corrected chi connectivity index (χ1v) is 11.5. The van der Waals surface area contributed by atoms with E-state index in [2.05, 4.69) is 10.3 Å². The minimum absolute atomic E-state index is 0.0422. The zero-order valence-corrected chi connectivity index (χ0v) is 19.5. The molecule has 2 aliphatic rings. The Hall–Kier alpha value is -3.63. The van der Waals surface area contributed by atoms with Gasteiger partial charge in [-0.25, -0.2) is 4.79 Å². The number of hydrogen-bond acceptors (Lipinski definition) is 6. The Bertz CT molecular complexity index is 1080. The van der Waals surface area contributed by atoms with Crippen LogP contribution in [0.3, 0.4) is 0 Å². The summed E-state index contributed by atoms with van der Waals surface area (Å²) in [5.74, 6) is 0.987. The summed E-state index contributed by atoms with van der Waals surface area (Å²) in [6.07, 6.45) is 4.28. The molecular weight excluding hydrogens is 440 g/mol. The zero-order valence-electron chi connectivity index (χ0n) is 19.5.